The van der Waals surface area contributed by atoms with Crippen LogP contribution in [0.15, 0.2) is 18.2 Å². The number of carbonyl (C=O) groups excluding carboxylic acids is 1. The molecule has 0 unspecified atom stereocenters. The number of amides is 1. The van der Waals surface area contributed by atoms with Gasteiger partial charge in [-0.3, -0.25) is 4.79 Å². The van der Waals surface area contributed by atoms with Crippen LogP contribution >= 0.6 is 0 Å². The zero-order valence-electron chi connectivity index (χ0n) is 13.5. The second-order valence-electron chi connectivity index (χ2n) is 6.65. The topological polar surface area (TPSA) is 80.3 Å². The molecule has 130 valence electrons. The third-order valence-corrected chi connectivity index (χ3v) is 5.20. The summed E-state index contributed by atoms with van der Waals surface area (Å²) < 4.78 is 16.2. The fourth-order valence-corrected chi connectivity index (χ4v) is 3.65. The van der Waals surface area contributed by atoms with Gasteiger partial charge in [0.05, 0.1) is 5.60 Å². The van der Waals surface area contributed by atoms with Crippen molar-refractivity contribution in [3.63, 3.8) is 0 Å². The van der Waals surface area contributed by atoms with Gasteiger partial charge in [0.15, 0.2) is 18.1 Å². The summed E-state index contributed by atoms with van der Waals surface area (Å²) in [5.74, 6) is 1.94. The van der Waals surface area contributed by atoms with E-state index in [4.69, 9.17) is 14.2 Å². The minimum Gasteiger partial charge on any atom is -0.484 e. The Morgan fingerprint density at radius 3 is 3.17 bits per heavy atom. The van der Waals surface area contributed by atoms with Crippen molar-refractivity contribution < 1.29 is 24.1 Å². The molecule has 1 aromatic rings. The van der Waals surface area contributed by atoms with Crippen molar-refractivity contribution in [2.75, 3.05) is 39.6 Å². The number of nitrogens with zero attached hydrogens (tertiary/aromatic N) is 1. The quantitative estimate of drug-likeness (QED) is 0.831. The summed E-state index contributed by atoms with van der Waals surface area (Å²) in [6.45, 7) is 2.95. The number of piperidine rings is 2. The smallest absolute Gasteiger partial charge is 0.260 e. The van der Waals surface area contributed by atoms with Crippen LogP contribution in [-0.2, 0) is 4.79 Å². The van der Waals surface area contributed by atoms with Crippen molar-refractivity contribution in [1.82, 2.24) is 10.2 Å². The van der Waals surface area contributed by atoms with E-state index in [9.17, 15) is 9.90 Å². The van der Waals surface area contributed by atoms with Gasteiger partial charge in [-0.05, 0) is 31.5 Å². The lowest BCUT2D eigenvalue weighted by atomic mass is 9.76. The van der Waals surface area contributed by atoms with E-state index in [1.165, 1.54) is 0 Å². The van der Waals surface area contributed by atoms with E-state index in [1.807, 2.05) is 0 Å². The predicted octanol–water partition coefficient (Wildman–Crippen LogP) is 0.367. The first-order chi connectivity index (χ1) is 11.6. The standard InChI is InChI=1S/C17H22N2O5/c20-16(10-22-13-1-2-14-15(7-13)24-11-23-14)19-6-4-17(21)3-5-18-8-12(17)9-19/h1-2,7,12,18,21H,3-6,8-11H2/t12-,17-/m0/s1. The number of nitrogens with one attached hydrogen (secondary N) is 1. The van der Waals surface area contributed by atoms with Crippen molar-refractivity contribution in [2.45, 2.75) is 18.4 Å². The van der Waals surface area contributed by atoms with E-state index < -0.39 is 5.60 Å². The summed E-state index contributed by atoms with van der Waals surface area (Å²) in [6.07, 6.45) is 1.39. The highest BCUT2D eigenvalue weighted by Crippen LogP contribution is 2.35. The van der Waals surface area contributed by atoms with Gasteiger partial charge >= 0.3 is 0 Å². The highest BCUT2D eigenvalue weighted by Gasteiger charge is 2.43. The van der Waals surface area contributed by atoms with Crippen LogP contribution in [0.3, 0.4) is 0 Å². The van der Waals surface area contributed by atoms with E-state index in [1.54, 1.807) is 23.1 Å². The van der Waals surface area contributed by atoms with E-state index in [-0.39, 0.29) is 25.2 Å². The lowest BCUT2D eigenvalue weighted by molar-refractivity contribution is -0.144. The van der Waals surface area contributed by atoms with Gasteiger partial charge in [-0.1, -0.05) is 0 Å². The summed E-state index contributed by atoms with van der Waals surface area (Å²) in [5, 5.41) is 13.9. The Bertz CT molecular complexity index is 637. The van der Waals surface area contributed by atoms with E-state index in [0.29, 0.717) is 36.8 Å². The molecule has 2 N–H and O–H groups in total. The SMILES string of the molecule is O=C(COc1ccc2c(c1)OCO2)N1CC[C@@]2(O)CCNC[C@H]2C1. The summed E-state index contributed by atoms with van der Waals surface area (Å²) in [6, 6.07) is 5.27. The molecule has 7 heteroatoms. The molecule has 1 amide bonds. The molecule has 7 nitrogen and oxygen atoms in total. The summed E-state index contributed by atoms with van der Waals surface area (Å²) in [4.78, 5) is 14.2. The highest BCUT2D eigenvalue weighted by molar-refractivity contribution is 5.78. The van der Waals surface area contributed by atoms with Crippen LogP contribution in [0, 0.1) is 5.92 Å². The number of likely N-dealkylation sites (tertiary alicyclic amines) is 1. The fourth-order valence-electron chi connectivity index (χ4n) is 3.65. The van der Waals surface area contributed by atoms with Crippen LogP contribution in [-0.4, -0.2) is 61.1 Å². The van der Waals surface area contributed by atoms with Crippen molar-refractivity contribution >= 4 is 5.91 Å². The molecule has 0 aromatic heterocycles. The second-order valence-corrected chi connectivity index (χ2v) is 6.65. The van der Waals surface area contributed by atoms with Crippen LogP contribution < -0.4 is 19.5 Å². The van der Waals surface area contributed by atoms with E-state index in [0.717, 1.165) is 19.5 Å². The van der Waals surface area contributed by atoms with Crippen LogP contribution in [0.4, 0.5) is 0 Å². The zero-order valence-corrected chi connectivity index (χ0v) is 13.5. The second kappa shape index (κ2) is 6.14. The lowest BCUT2D eigenvalue weighted by Crippen LogP contribution is -2.60. The number of benzene rings is 1. The molecule has 2 saturated heterocycles. The van der Waals surface area contributed by atoms with Crippen molar-refractivity contribution in [2.24, 2.45) is 5.92 Å². The van der Waals surface area contributed by atoms with Crippen molar-refractivity contribution in [1.29, 1.82) is 0 Å². The fraction of sp³-hybridized carbons (Fsp3) is 0.588. The molecule has 3 aliphatic heterocycles. The molecule has 2 atom stereocenters. The first-order valence-electron chi connectivity index (χ1n) is 8.37. The molecule has 3 heterocycles. The van der Waals surface area contributed by atoms with E-state index >= 15 is 0 Å². The number of carbonyl (C=O) groups is 1. The third kappa shape index (κ3) is 2.89. The van der Waals surface area contributed by atoms with Crippen LogP contribution in [0.25, 0.3) is 0 Å². The van der Waals surface area contributed by atoms with Gasteiger partial charge in [-0.25, -0.2) is 0 Å². The molecule has 24 heavy (non-hydrogen) atoms. The van der Waals surface area contributed by atoms with Gasteiger partial charge in [0.2, 0.25) is 6.79 Å². The minimum atomic E-state index is -0.625. The Morgan fingerprint density at radius 1 is 1.38 bits per heavy atom. The number of rotatable bonds is 3. The molecule has 1 aromatic carbocycles. The molecule has 3 aliphatic rings. The maximum atomic E-state index is 12.4. The van der Waals surface area contributed by atoms with Crippen LogP contribution in [0.2, 0.25) is 0 Å². The first kappa shape index (κ1) is 15.5. The normalized spacial score (nSPS) is 28.4. The van der Waals surface area contributed by atoms with E-state index in [2.05, 4.69) is 5.32 Å². The first-order valence-corrected chi connectivity index (χ1v) is 8.37. The van der Waals surface area contributed by atoms with Gasteiger partial charge in [0.1, 0.15) is 5.75 Å². The molecule has 0 radical (unpaired) electrons. The summed E-state index contributed by atoms with van der Waals surface area (Å²) in [5.41, 5.74) is -0.625. The Morgan fingerprint density at radius 2 is 2.25 bits per heavy atom. The molecule has 0 spiro atoms. The molecule has 4 rings (SSSR count). The maximum absolute atomic E-state index is 12.4. The van der Waals surface area contributed by atoms with Gasteiger partial charge in [0, 0.05) is 31.6 Å². The largest absolute Gasteiger partial charge is 0.484 e. The molecule has 0 aliphatic carbocycles. The Labute approximate surface area is 140 Å². The average Bonchev–Trinajstić information content (AvgIpc) is 3.06. The van der Waals surface area contributed by atoms with Crippen LogP contribution in [0.1, 0.15) is 12.8 Å². The number of ether oxygens (including phenoxy) is 3. The molecule has 2 fully saturated rings. The number of hydrogen-bond acceptors (Lipinski definition) is 6. The van der Waals surface area contributed by atoms with Gasteiger partial charge < -0.3 is 29.5 Å². The molecular weight excluding hydrogens is 312 g/mol. The minimum absolute atomic E-state index is 0.0157. The number of fused-ring (bicyclic) bond motifs is 2. The van der Waals surface area contributed by atoms with Crippen molar-refractivity contribution in [3.8, 4) is 17.2 Å². The van der Waals surface area contributed by atoms with Gasteiger partial charge in [0.25, 0.3) is 5.91 Å². The van der Waals surface area contributed by atoms with Gasteiger partial charge in [-0.2, -0.15) is 0 Å². The highest BCUT2D eigenvalue weighted by atomic mass is 16.7. The Balaban J connectivity index is 1.33. The zero-order chi connectivity index (χ0) is 16.6. The Kier molecular flexibility index (Phi) is 3.97. The van der Waals surface area contributed by atoms with Crippen LogP contribution in [0.5, 0.6) is 17.2 Å². The molecule has 0 saturated carbocycles. The molecular formula is C17H22N2O5. The summed E-state index contributed by atoms with van der Waals surface area (Å²) >= 11 is 0. The maximum Gasteiger partial charge on any atom is 0.260 e. The number of hydrogen-bond donors (Lipinski definition) is 2. The van der Waals surface area contributed by atoms with Gasteiger partial charge in [-0.15, -0.1) is 0 Å². The number of aliphatic hydroxyl groups is 1. The Hall–Kier alpha value is -1.99. The molecule has 0 bridgehead atoms. The predicted molar refractivity (Wildman–Crippen MR) is 85.2 cm³/mol. The monoisotopic (exact) mass is 334 g/mol. The third-order valence-electron chi connectivity index (χ3n) is 5.20. The van der Waals surface area contributed by atoms with Crippen molar-refractivity contribution in [3.05, 3.63) is 18.2 Å². The lowest BCUT2D eigenvalue weighted by Gasteiger charge is -2.47. The average molecular weight is 334 g/mol. The summed E-state index contributed by atoms with van der Waals surface area (Å²) in [7, 11) is 0.